The molecular formula is C16H31N3. The van der Waals surface area contributed by atoms with Crippen LogP contribution in [0.25, 0.3) is 0 Å². The van der Waals surface area contributed by atoms with Crippen LogP contribution in [-0.2, 0) is 0 Å². The molecule has 3 rings (SSSR count). The molecule has 1 atom stereocenters. The van der Waals surface area contributed by atoms with Gasteiger partial charge in [-0.2, -0.15) is 0 Å². The summed E-state index contributed by atoms with van der Waals surface area (Å²) >= 11 is 0. The van der Waals surface area contributed by atoms with Crippen molar-refractivity contribution in [2.45, 2.75) is 51.0 Å². The van der Waals surface area contributed by atoms with E-state index in [-0.39, 0.29) is 0 Å². The van der Waals surface area contributed by atoms with E-state index in [0.717, 1.165) is 6.04 Å². The number of rotatable bonds is 5. The van der Waals surface area contributed by atoms with Crippen molar-refractivity contribution >= 4 is 0 Å². The maximum atomic E-state index is 2.81. The second kappa shape index (κ2) is 7.05. The molecule has 3 aliphatic rings. The molecule has 3 heteroatoms. The minimum absolute atomic E-state index is 0.856. The third-order valence-electron chi connectivity index (χ3n) is 5.32. The van der Waals surface area contributed by atoms with Gasteiger partial charge in [0.05, 0.1) is 0 Å². The van der Waals surface area contributed by atoms with Gasteiger partial charge in [-0.3, -0.25) is 4.90 Å². The molecule has 0 aromatic carbocycles. The first-order chi connectivity index (χ1) is 9.42. The molecule has 0 aliphatic carbocycles. The van der Waals surface area contributed by atoms with Crippen molar-refractivity contribution in [1.82, 2.24) is 14.7 Å². The summed E-state index contributed by atoms with van der Waals surface area (Å²) in [7, 11) is 0. The summed E-state index contributed by atoms with van der Waals surface area (Å²) in [6, 6.07) is 0.856. The van der Waals surface area contributed by atoms with Crippen LogP contribution in [0.4, 0.5) is 0 Å². The minimum atomic E-state index is 0.856. The van der Waals surface area contributed by atoms with Crippen LogP contribution in [0.1, 0.15) is 44.9 Å². The summed E-state index contributed by atoms with van der Waals surface area (Å²) in [5.74, 6) is 0. The van der Waals surface area contributed by atoms with Crippen LogP contribution in [0, 0.1) is 0 Å². The van der Waals surface area contributed by atoms with Gasteiger partial charge in [-0.25, -0.2) is 0 Å². The summed E-state index contributed by atoms with van der Waals surface area (Å²) < 4.78 is 0. The van der Waals surface area contributed by atoms with Crippen molar-refractivity contribution in [1.29, 1.82) is 0 Å². The predicted molar refractivity (Wildman–Crippen MR) is 80.6 cm³/mol. The molecule has 3 nitrogen and oxygen atoms in total. The fraction of sp³-hybridized carbons (Fsp3) is 1.00. The topological polar surface area (TPSA) is 9.72 Å². The molecule has 3 aliphatic heterocycles. The minimum Gasteiger partial charge on any atom is -0.302 e. The Morgan fingerprint density at radius 2 is 1.26 bits per heavy atom. The molecule has 0 bridgehead atoms. The zero-order valence-electron chi connectivity index (χ0n) is 12.5. The normalized spacial score (nSPS) is 31.3. The van der Waals surface area contributed by atoms with E-state index in [4.69, 9.17) is 0 Å². The lowest BCUT2D eigenvalue weighted by molar-refractivity contribution is 0.102. The summed E-state index contributed by atoms with van der Waals surface area (Å²) in [4.78, 5) is 8.18. The first kappa shape index (κ1) is 13.8. The quantitative estimate of drug-likeness (QED) is 0.753. The molecule has 0 spiro atoms. The Labute approximate surface area is 118 Å². The first-order valence-electron chi connectivity index (χ1n) is 8.60. The van der Waals surface area contributed by atoms with Crippen LogP contribution in [0.15, 0.2) is 0 Å². The molecule has 0 N–H and O–H groups in total. The van der Waals surface area contributed by atoms with Gasteiger partial charge >= 0.3 is 0 Å². The fourth-order valence-corrected chi connectivity index (χ4v) is 4.10. The van der Waals surface area contributed by atoms with Gasteiger partial charge in [0.25, 0.3) is 0 Å². The standard InChI is InChI=1S/C16H31N3/c1-2-12-19(14-13-17-8-3-4-9-17)16(7-1)15-18-10-5-6-11-18/h16H,1-15H2. The Morgan fingerprint density at radius 3 is 2.00 bits per heavy atom. The Hall–Kier alpha value is -0.120. The van der Waals surface area contributed by atoms with Crippen LogP contribution in [0.5, 0.6) is 0 Å². The number of piperidine rings is 1. The van der Waals surface area contributed by atoms with E-state index in [2.05, 4.69) is 14.7 Å². The Morgan fingerprint density at radius 1 is 0.632 bits per heavy atom. The molecule has 0 aromatic rings. The van der Waals surface area contributed by atoms with E-state index in [1.807, 2.05) is 0 Å². The summed E-state index contributed by atoms with van der Waals surface area (Å²) in [5, 5.41) is 0. The van der Waals surface area contributed by atoms with Crippen molar-refractivity contribution in [3.8, 4) is 0 Å². The number of hydrogen-bond acceptors (Lipinski definition) is 3. The van der Waals surface area contributed by atoms with Gasteiger partial charge in [-0.15, -0.1) is 0 Å². The van der Waals surface area contributed by atoms with E-state index < -0.39 is 0 Å². The SMILES string of the molecule is C1CCN(CCN2CCCC2)C(CN2CCCC2)C1. The average molecular weight is 265 g/mol. The van der Waals surface area contributed by atoms with Gasteiger partial charge in [0.15, 0.2) is 0 Å². The highest BCUT2D eigenvalue weighted by atomic mass is 15.3. The van der Waals surface area contributed by atoms with E-state index in [1.165, 1.54) is 97.3 Å². The van der Waals surface area contributed by atoms with Gasteiger partial charge in [0.2, 0.25) is 0 Å². The van der Waals surface area contributed by atoms with Crippen LogP contribution < -0.4 is 0 Å². The van der Waals surface area contributed by atoms with Crippen LogP contribution in [0.3, 0.4) is 0 Å². The van der Waals surface area contributed by atoms with Gasteiger partial charge < -0.3 is 9.80 Å². The third kappa shape index (κ3) is 3.93. The van der Waals surface area contributed by atoms with Crippen molar-refractivity contribution in [3.05, 3.63) is 0 Å². The lowest BCUT2D eigenvalue weighted by atomic mass is 10.0. The zero-order chi connectivity index (χ0) is 12.9. The van der Waals surface area contributed by atoms with Crippen LogP contribution >= 0.6 is 0 Å². The second-order valence-electron chi connectivity index (χ2n) is 6.74. The molecule has 19 heavy (non-hydrogen) atoms. The van der Waals surface area contributed by atoms with E-state index in [0.29, 0.717) is 0 Å². The molecule has 110 valence electrons. The van der Waals surface area contributed by atoms with E-state index >= 15 is 0 Å². The summed E-state index contributed by atoms with van der Waals surface area (Å²) in [5.41, 5.74) is 0. The highest BCUT2D eigenvalue weighted by Crippen LogP contribution is 2.20. The average Bonchev–Trinajstić information content (AvgIpc) is 3.10. The summed E-state index contributed by atoms with van der Waals surface area (Å²) in [6.45, 7) is 10.8. The fourth-order valence-electron chi connectivity index (χ4n) is 4.10. The molecule has 3 saturated heterocycles. The Kier molecular flexibility index (Phi) is 5.14. The lowest BCUT2D eigenvalue weighted by Gasteiger charge is -2.38. The molecule has 1 unspecified atom stereocenters. The van der Waals surface area contributed by atoms with Crippen molar-refractivity contribution in [3.63, 3.8) is 0 Å². The largest absolute Gasteiger partial charge is 0.302 e. The molecule has 0 saturated carbocycles. The molecule has 0 radical (unpaired) electrons. The van der Waals surface area contributed by atoms with E-state index in [9.17, 15) is 0 Å². The van der Waals surface area contributed by atoms with Gasteiger partial charge in [-0.1, -0.05) is 6.42 Å². The number of likely N-dealkylation sites (tertiary alicyclic amines) is 3. The maximum Gasteiger partial charge on any atom is 0.0223 e. The number of hydrogen-bond donors (Lipinski definition) is 0. The van der Waals surface area contributed by atoms with Crippen molar-refractivity contribution < 1.29 is 0 Å². The zero-order valence-corrected chi connectivity index (χ0v) is 12.5. The van der Waals surface area contributed by atoms with Crippen molar-refractivity contribution in [2.24, 2.45) is 0 Å². The third-order valence-corrected chi connectivity index (χ3v) is 5.32. The Balaban J connectivity index is 1.45. The highest BCUT2D eigenvalue weighted by molar-refractivity contribution is 4.82. The number of nitrogens with zero attached hydrogens (tertiary/aromatic N) is 3. The van der Waals surface area contributed by atoms with Gasteiger partial charge in [0.1, 0.15) is 0 Å². The molecule has 0 aromatic heterocycles. The highest BCUT2D eigenvalue weighted by Gasteiger charge is 2.26. The van der Waals surface area contributed by atoms with E-state index in [1.54, 1.807) is 0 Å². The van der Waals surface area contributed by atoms with Crippen molar-refractivity contribution in [2.75, 3.05) is 52.4 Å². The second-order valence-corrected chi connectivity index (χ2v) is 6.74. The molecule has 3 fully saturated rings. The molecule has 0 amide bonds. The smallest absolute Gasteiger partial charge is 0.0223 e. The predicted octanol–water partition coefficient (Wildman–Crippen LogP) is 2.03. The van der Waals surface area contributed by atoms with Crippen LogP contribution in [-0.4, -0.2) is 73.1 Å². The van der Waals surface area contributed by atoms with Gasteiger partial charge in [0, 0.05) is 25.7 Å². The monoisotopic (exact) mass is 265 g/mol. The maximum absolute atomic E-state index is 2.81. The molecule has 3 heterocycles. The summed E-state index contributed by atoms with van der Waals surface area (Å²) in [6.07, 6.45) is 10.0. The molecular weight excluding hydrogens is 234 g/mol. The Bertz CT molecular complexity index is 257. The van der Waals surface area contributed by atoms with Gasteiger partial charge in [-0.05, 0) is 71.2 Å². The lowest BCUT2D eigenvalue weighted by Crippen LogP contribution is -2.48. The van der Waals surface area contributed by atoms with Crippen LogP contribution in [0.2, 0.25) is 0 Å². The first-order valence-corrected chi connectivity index (χ1v) is 8.60.